The van der Waals surface area contributed by atoms with Crippen LogP contribution in [0.1, 0.15) is 31.2 Å². The van der Waals surface area contributed by atoms with E-state index in [1.54, 1.807) is 18.2 Å². The number of carbonyl (C=O) groups is 1. The second-order valence-corrected chi connectivity index (χ2v) is 6.08. The van der Waals surface area contributed by atoms with Gasteiger partial charge in [-0.15, -0.1) is 0 Å². The van der Waals surface area contributed by atoms with Crippen molar-refractivity contribution in [3.8, 4) is 0 Å². The highest BCUT2D eigenvalue weighted by Gasteiger charge is 2.24. The molecule has 6 heteroatoms. The quantitative estimate of drug-likeness (QED) is 0.843. The Morgan fingerprint density at radius 2 is 2.27 bits per heavy atom. The summed E-state index contributed by atoms with van der Waals surface area (Å²) in [7, 11) is 0. The largest absolute Gasteiger partial charge is 0.354 e. The average Bonchev–Trinajstić information content (AvgIpc) is 2.51. The van der Waals surface area contributed by atoms with Crippen LogP contribution in [-0.2, 0) is 11.3 Å². The van der Waals surface area contributed by atoms with Gasteiger partial charge in [0, 0.05) is 37.7 Å². The number of hydrogen-bond donors (Lipinski definition) is 2. The lowest BCUT2D eigenvalue weighted by Crippen LogP contribution is -2.46. The number of carbonyl (C=O) groups excluding carboxylic acids is 1. The van der Waals surface area contributed by atoms with Crippen LogP contribution < -0.4 is 11.1 Å². The Balaban J connectivity index is 1.97. The molecule has 1 heterocycles. The second kappa shape index (κ2) is 8.46. The molecule has 0 saturated carbocycles. The van der Waals surface area contributed by atoms with E-state index >= 15 is 0 Å². The van der Waals surface area contributed by atoms with Crippen molar-refractivity contribution in [3.05, 3.63) is 34.6 Å². The van der Waals surface area contributed by atoms with Gasteiger partial charge in [-0.25, -0.2) is 4.39 Å². The Morgan fingerprint density at radius 1 is 1.45 bits per heavy atom. The average molecular weight is 328 g/mol. The van der Waals surface area contributed by atoms with E-state index in [9.17, 15) is 9.18 Å². The van der Waals surface area contributed by atoms with Gasteiger partial charge < -0.3 is 11.1 Å². The first-order valence-electron chi connectivity index (χ1n) is 7.75. The van der Waals surface area contributed by atoms with Gasteiger partial charge in [0.15, 0.2) is 0 Å². The second-order valence-electron chi connectivity index (χ2n) is 5.68. The van der Waals surface area contributed by atoms with Crippen LogP contribution in [0.25, 0.3) is 0 Å². The van der Waals surface area contributed by atoms with Crippen LogP contribution in [0.5, 0.6) is 0 Å². The molecule has 0 radical (unpaired) electrons. The third-order valence-electron chi connectivity index (χ3n) is 4.06. The minimum Gasteiger partial charge on any atom is -0.354 e. The van der Waals surface area contributed by atoms with E-state index in [0.717, 1.165) is 25.8 Å². The summed E-state index contributed by atoms with van der Waals surface area (Å²) in [4.78, 5) is 13.8. The maximum absolute atomic E-state index is 14.1. The van der Waals surface area contributed by atoms with E-state index in [1.807, 2.05) is 0 Å². The summed E-state index contributed by atoms with van der Waals surface area (Å²) in [5.41, 5.74) is 5.98. The van der Waals surface area contributed by atoms with Gasteiger partial charge in [0.2, 0.25) is 5.91 Å². The highest BCUT2D eigenvalue weighted by Crippen LogP contribution is 2.23. The number of piperidine rings is 1. The van der Waals surface area contributed by atoms with Crippen LogP contribution in [-0.4, -0.2) is 36.5 Å². The summed E-state index contributed by atoms with van der Waals surface area (Å²) >= 11 is 5.84. The predicted octanol–water partition coefficient (Wildman–Crippen LogP) is 2.30. The van der Waals surface area contributed by atoms with E-state index in [1.165, 1.54) is 0 Å². The van der Waals surface area contributed by atoms with Gasteiger partial charge in [-0.05, 0) is 25.5 Å². The molecule has 1 unspecified atom stereocenters. The Bertz CT molecular complexity index is 512. The summed E-state index contributed by atoms with van der Waals surface area (Å²) < 4.78 is 14.1. The van der Waals surface area contributed by atoms with Crippen molar-refractivity contribution in [1.82, 2.24) is 10.2 Å². The minimum atomic E-state index is -0.347. The first-order chi connectivity index (χ1) is 10.6. The van der Waals surface area contributed by atoms with Gasteiger partial charge >= 0.3 is 0 Å². The maximum Gasteiger partial charge on any atom is 0.221 e. The number of nitrogens with one attached hydrogen (secondary N) is 1. The predicted molar refractivity (Wildman–Crippen MR) is 86.1 cm³/mol. The maximum atomic E-state index is 14.1. The van der Waals surface area contributed by atoms with Crippen molar-refractivity contribution >= 4 is 17.5 Å². The van der Waals surface area contributed by atoms with Crippen molar-refractivity contribution in [1.29, 1.82) is 0 Å². The Morgan fingerprint density at radius 3 is 3.05 bits per heavy atom. The van der Waals surface area contributed by atoms with Gasteiger partial charge in [0.1, 0.15) is 5.82 Å². The summed E-state index contributed by atoms with van der Waals surface area (Å²) in [5.74, 6) is -0.373. The Kier molecular flexibility index (Phi) is 6.61. The number of halogens is 2. The molecule has 1 atom stereocenters. The molecule has 1 aromatic carbocycles. The molecule has 1 amide bonds. The topological polar surface area (TPSA) is 58.4 Å². The van der Waals surface area contributed by atoms with E-state index in [0.29, 0.717) is 31.6 Å². The lowest BCUT2D eigenvalue weighted by Gasteiger charge is -2.36. The monoisotopic (exact) mass is 327 g/mol. The molecule has 0 aliphatic carbocycles. The van der Waals surface area contributed by atoms with Crippen LogP contribution in [0.2, 0.25) is 5.02 Å². The number of nitrogens with two attached hydrogens (primary N) is 1. The zero-order chi connectivity index (χ0) is 15.9. The molecular weight excluding hydrogens is 305 g/mol. The fourth-order valence-electron chi connectivity index (χ4n) is 2.84. The molecule has 0 spiro atoms. The van der Waals surface area contributed by atoms with Crippen LogP contribution in [0, 0.1) is 5.82 Å². The SMILES string of the molecule is NCCC(=O)NCC1CCCCN1Cc1cccc(Cl)c1F. The molecule has 1 fully saturated rings. The third kappa shape index (κ3) is 4.66. The molecule has 0 bridgehead atoms. The number of likely N-dealkylation sites (tertiary alicyclic amines) is 1. The zero-order valence-corrected chi connectivity index (χ0v) is 13.4. The highest BCUT2D eigenvalue weighted by molar-refractivity contribution is 6.30. The molecule has 0 aromatic heterocycles. The smallest absolute Gasteiger partial charge is 0.221 e. The van der Waals surface area contributed by atoms with Crippen molar-refractivity contribution in [2.75, 3.05) is 19.6 Å². The molecular formula is C16H23ClFN3O. The van der Waals surface area contributed by atoms with E-state index in [4.69, 9.17) is 17.3 Å². The number of hydrogen-bond acceptors (Lipinski definition) is 3. The molecule has 1 saturated heterocycles. The molecule has 1 aliphatic rings. The van der Waals surface area contributed by atoms with E-state index in [2.05, 4.69) is 10.2 Å². The van der Waals surface area contributed by atoms with Gasteiger partial charge in [-0.2, -0.15) is 0 Å². The Hall–Kier alpha value is -1.17. The fourth-order valence-corrected chi connectivity index (χ4v) is 3.03. The van der Waals surface area contributed by atoms with Gasteiger partial charge in [0.25, 0.3) is 0 Å². The lowest BCUT2D eigenvalue weighted by molar-refractivity contribution is -0.121. The van der Waals surface area contributed by atoms with Crippen LogP contribution >= 0.6 is 11.6 Å². The minimum absolute atomic E-state index is 0.0260. The summed E-state index contributed by atoms with van der Waals surface area (Å²) in [6.07, 6.45) is 3.57. The summed E-state index contributed by atoms with van der Waals surface area (Å²) in [5, 5.41) is 3.07. The number of nitrogens with zero attached hydrogens (tertiary/aromatic N) is 1. The van der Waals surface area contributed by atoms with Crippen molar-refractivity contribution in [2.24, 2.45) is 5.73 Å². The molecule has 3 N–H and O–H groups in total. The molecule has 22 heavy (non-hydrogen) atoms. The number of amides is 1. The van der Waals surface area contributed by atoms with Gasteiger partial charge in [0.05, 0.1) is 5.02 Å². The third-order valence-corrected chi connectivity index (χ3v) is 4.35. The highest BCUT2D eigenvalue weighted by atomic mass is 35.5. The normalized spacial score (nSPS) is 19.1. The van der Waals surface area contributed by atoms with Gasteiger partial charge in [-0.1, -0.05) is 30.2 Å². The number of rotatable bonds is 6. The molecule has 4 nitrogen and oxygen atoms in total. The van der Waals surface area contributed by atoms with E-state index < -0.39 is 0 Å². The van der Waals surface area contributed by atoms with Crippen LogP contribution in [0.15, 0.2) is 18.2 Å². The summed E-state index contributed by atoms with van der Waals surface area (Å²) in [6, 6.07) is 5.32. The molecule has 1 aliphatic heterocycles. The molecule has 122 valence electrons. The standard InChI is InChI=1S/C16H23ClFN3O/c17-14-6-3-4-12(16(14)18)11-21-9-2-1-5-13(21)10-20-15(22)7-8-19/h3-4,6,13H,1-2,5,7-11,19H2,(H,20,22). The lowest BCUT2D eigenvalue weighted by atomic mass is 10.0. The fraction of sp³-hybridized carbons (Fsp3) is 0.562. The van der Waals surface area contributed by atoms with Crippen LogP contribution in [0.4, 0.5) is 4.39 Å². The first kappa shape index (κ1) is 17.2. The van der Waals surface area contributed by atoms with Crippen molar-refractivity contribution < 1.29 is 9.18 Å². The first-order valence-corrected chi connectivity index (χ1v) is 8.13. The van der Waals surface area contributed by atoms with Crippen molar-refractivity contribution in [3.63, 3.8) is 0 Å². The Labute approximate surface area is 135 Å². The number of benzene rings is 1. The van der Waals surface area contributed by atoms with Crippen molar-refractivity contribution in [2.45, 2.75) is 38.3 Å². The van der Waals surface area contributed by atoms with Crippen LogP contribution in [0.3, 0.4) is 0 Å². The molecule has 2 rings (SSSR count). The molecule has 1 aromatic rings. The summed E-state index contributed by atoms with van der Waals surface area (Å²) in [6.45, 7) is 2.36. The van der Waals surface area contributed by atoms with Gasteiger partial charge in [-0.3, -0.25) is 9.69 Å². The zero-order valence-electron chi connectivity index (χ0n) is 12.7. The van der Waals surface area contributed by atoms with E-state index in [-0.39, 0.29) is 22.8 Å².